The molecule has 1 aromatic heterocycles. The zero-order chi connectivity index (χ0) is 13.7. The van der Waals surface area contributed by atoms with Crippen molar-refractivity contribution in [3.8, 4) is 11.5 Å². The van der Waals surface area contributed by atoms with E-state index in [4.69, 9.17) is 14.9 Å². The van der Waals surface area contributed by atoms with Gasteiger partial charge in [0.05, 0.1) is 0 Å². The van der Waals surface area contributed by atoms with Crippen LogP contribution in [0, 0.1) is 0 Å². The number of hydrogen-bond acceptors (Lipinski definition) is 4. The molecule has 0 saturated carbocycles. The van der Waals surface area contributed by atoms with Crippen molar-refractivity contribution in [2.45, 2.75) is 6.42 Å². The van der Waals surface area contributed by atoms with E-state index in [1.807, 2.05) is 12.1 Å². The van der Waals surface area contributed by atoms with Crippen LogP contribution in [0.4, 0.5) is 0 Å². The number of para-hydroxylation sites is 1. The number of carboxylic acid groups (broad SMARTS) is 1. The van der Waals surface area contributed by atoms with Gasteiger partial charge in [-0.15, -0.1) is 0 Å². The Hall–Kier alpha value is -2.40. The normalized spacial score (nSPS) is 10.2. The zero-order valence-electron chi connectivity index (χ0n) is 10.1. The molecular weight excluding hydrogens is 246 g/mol. The fourth-order valence-electron chi connectivity index (χ4n) is 1.68. The third-order valence-corrected chi connectivity index (χ3v) is 2.59. The summed E-state index contributed by atoms with van der Waals surface area (Å²) in [4.78, 5) is 14.8. The molecule has 19 heavy (non-hydrogen) atoms. The highest BCUT2D eigenvalue weighted by atomic mass is 16.5. The lowest BCUT2D eigenvalue weighted by Gasteiger charge is -2.11. The standard InChI is InChI=1S/C14H13NO4/c16-8-6-10-3-1-2-4-12(10)19-13-5-7-15-9-11(13)14(17)18/h1-5,7,9,16H,6,8H2,(H,17,18). The number of aromatic carboxylic acids is 1. The van der Waals surface area contributed by atoms with Crippen LogP contribution in [0.1, 0.15) is 15.9 Å². The largest absolute Gasteiger partial charge is 0.477 e. The van der Waals surface area contributed by atoms with E-state index in [1.165, 1.54) is 18.5 Å². The fraction of sp³-hybridized carbons (Fsp3) is 0.143. The summed E-state index contributed by atoms with van der Waals surface area (Å²) in [7, 11) is 0. The number of ether oxygens (including phenoxy) is 1. The summed E-state index contributed by atoms with van der Waals surface area (Å²) >= 11 is 0. The third kappa shape index (κ3) is 3.08. The van der Waals surface area contributed by atoms with E-state index in [0.29, 0.717) is 12.2 Å². The van der Waals surface area contributed by atoms with Crippen LogP contribution in [-0.4, -0.2) is 27.8 Å². The quantitative estimate of drug-likeness (QED) is 0.859. The zero-order valence-corrected chi connectivity index (χ0v) is 10.1. The minimum absolute atomic E-state index is 0.00121. The molecule has 0 unspecified atom stereocenters. The molecule has 0 atom stereocenters. The minimum atomic E-state index is -1.09. The molecule has 2 aromatic rings. The fourth-order valence-corrected chi connectivity index (χ4v) is 1.68. The van der Waals surface area contributed by atoms with E-state index < -0.39 is 5.97 Å². The Labute approximate surface area is 110 Å². The summed E-state index contributed by atoms with van der Waals surface area (Å²) in [5.41, 5.74) is 0.819. The third-order valence-electron chi connectivity index (χ3n) is 2.59. The van der Waals surface area contributed by atoms with Gasteiger partial charge in [-0.1, -0.05) is 18.2 Å². The molecule has 1 aromatic carbocycles. The molecule has 0 spiro atoms. The summed E-state index contributed by atoms with van der Waals surface area (Å²) in [6.45, 7) is 0.00249. The van der Waals surface area contributed by atoms with Gasteiger partial charge in [-0.25, -0.2) is 4.79 Å². The molecule has 5 heteroatoms. The van der Waals surface area contributed by atoms with Crippen LogP contribution in [0.2, 0.25) is 0 Å². The first-order valence-electron chi connectivity index (χ1n) is 5.76. The van der Waals surface area contributed by atoms with E-state index in [9.17, 15) is 4.79 Å². The van der Waals surface area contributed by atoms with Gasteiger partial charge >= 0.3 is 5.97 Å². The van der Waals surface area contributed by atoms with Crippen molar-refractivity contribution in [2.75, 3.05) is 6.61 Å². The van der Waals surface area contributed by atoms with Gasteiger partial charge in [0, 0.05) is 25.1 Å². The van der Waals surface area contributed by atoms with Crippen molar-refractivity contribution in [3.63, 3.8) is 0 Å². The molecule has 0 saturated heterocycles. The molecule has 0 aliphatic heterocycles. The maximum absolute atomic E-state index is 11.1. The Bertz CT molecular complexity index is 583. The first-order valence-corrected chi connectivity index (χ1v) is 5.76. The topological polar surface area (TPSA) is 79.7 Å². The second-order valence-electron chi connectivity index (χ2n) is 3.86. The number of aliphatic hydroxyl groups excluding tert-OH is 1. The summed E-state index contributed by atoms with van der Waals surface area (Å²) < 4.78 is 5.62. The predicted molar refractivity (Wildman–Crippen MR) is 68.5 cm³/mol. The maximum Gasteiger partial charge on any atom is 0.341 e. The lowest BCUT2D eigenvalue weighted by molar-refractivity contribution is 0.0693. The van der Waals surface area contributed by atoms with E-state index in [-0.39, 0.29) is 17.9 Å². The predicted octanol–water partition coefficient (Wildman–Crippen LogP) is 2.11. The highest BCUT2D eigenvalue weighted by molar-refractivity contribution is 5.90. The molecule has 98 valence electrons. The molecule has 0 aliphatic carbocycles. The monoisotopic (exact) mass is 259 g/mol. The lowest BCUT2D eigenvalue weighted by atomic mass is 10.1. The average Bonchev–Trinajstić information content (AvgIpc) is 2.42. The SMILES string of the molecule is O=C(O)c1cnccc1Oc1ccccc1CCO. The Kier molecular flexibility index (Phi) is 4.10. The molecule has 5 nitrogen and oxygen atoms in total. The van der Waals surface area contributed by atoms with Crippen LogP contribution in [0.15, 0.2) is 42.7 Å². The van der Waals surface area contributed by atoms with Crippen molar-refractivity contribution >= 4 is 5.97 Å². The average molecular weight is 259 g/mol. The maximum atomic E-state index is 11.1. The molecule has 0 bridgehead atoms. The molecule has 0 fully saturated rings. The van der Waals surface area contributed by atoms with E-state index >= 15 is 0 Å². The summed E-state index contributed by atoms with van der Waals surface area (Å²) in [5, 5.41) is 18.0. The highest BCUT2D eigenvalue weighted by Crippen LogP contribution is 2.27. The number of rotatable bonds is 5. The van der Waals surface area contributed by atoms with Crippen molar-refractivity contribution in [2.24, 2.45) is 0 Å². The second kappa shape index (κ2) is 5.97. The smallest absolute Gasteiger partial charge is 0.341 e. The minimum Gasteiger partial charge on any atom is -0.477 e. The summed E-state index contributed by atoms with van der Waals surface area (Å²) in [5.74, 6) is -0.333. The number of nitrogens with zero attached hydrogens (tertiary/aromatic N) is 1. The van der Waals surface area contributed by atoms with Crippen LogP contribution in [0.25, 0.3) is 0 Å². The number of aliphatic hydroxyl groups is 1. The Morgan fingerprint density at radius 3 is 2.74 bits per heavy atom. The van der Waals surface area contributed by atoms with Gasteiger partial charge in [0.2, 0.25) is 0 Å². The molecule has 2 N–H and O–H groups in total. The number of carboxylic acids is 1. The second-order valence-corrected chi connectivity index (χ2v) is 3.86. The van der Waals surface area contributed by atoms with Crippen molar-refractivity contribution in [1.29, 1.82) is 0 Å². The van der Waals surface area contributed by atoms with Gasteiger partial charge in [-0.2, -0.15) is 0 Å². The van der Waals surface area contributed by atoms with Crippen molar-refractivity contribution < 1.29 is 19.7 Å². The van der Waals surface area contributed by atoms with Crippen LogP contribution >= 0.6 is 0 Å². The number of benzene rings is 1. The summed E-state index contributed by atoms with van der Waals surface area (Å²) in [6.07, 6.45) is 3.16. The molecule has 0 aliphatic rings. The Morgan fingerprint density at radius 2 is 2.00 bits per heavy atom. The Morgan fingerprint density at radius 1 is 1.21 bits per heavy atom. The molecular formula is C14H13NO4. The summed E-state index contributed by atoms with van der Waals surface area (Å²) in [6, 6.07) is 8.68. The van der Waals surface area contributed by atoms with Crippen LogP contribution < -0.4 is 4.74 Å². The number of carbonyl (C=O) groups is 1. The molecule has 0 amide bonds. The highest BCUT2D eigenvalue weighted by Gasteiger charge is 2.13. The molecule has 1 heterocycles. The lowest BCUT2D eigenvalue weighted by Crippen LogP contribution is -2.02. The van der Waals surface area contributed by atoms with Gasteiger partial charge < -0.3 is 14.9 Å². The van der Waals surface area contributed by atoms with Gasteiger partial charge in [-0.3, -0.25) is 4.98 Å². The van der Waals surface area contributed by atoms with Crippen molar-refractivity contribution in [3.05, 3.63) is 53.9 Å². The Balaban J connectivity index is 2.34. The van der Waals surface area contributed by atoms with E-state index in [2.05, 4.69) is 4.98 Å². The van der Waals surface area contributed by atoms with Crippen LogP contribution in [-0.2, 0) is 6.42 Å². The molecule has 0 radical (unpaired) electrons. The molecule has 2 rings (SSSR count). The first-order chi connectivity index (χ1) is 9.22. The number of hydrogen-bond donors (Lipinski definition) is 2. The number of aromatic nitrogens is 1. The van der Waals surface area contributed by atoms with Crippen molar-refractivity contribution in [1.82, 2.24) is 4.98 Å². The van der Waals surface area contributed by atoms with Gasteiger partial charge in [0.15, 0.2) is 0 Å². The van der Waals surface area contributed by atoms with Gasteiger partial charge in [0.1, 0.15) is 17.1 Å². The van der Waals surface area contributed by atoms with Crippen LogP contribution in [0.5, 0.6) is 11.5 Å². The van der Waals surface area contributed by atoms with Gasteiger partial charge in [-0.05, 0) is 18.1 Å². The van der Waals surface area contributed by atoms with E-state index in [1.54, 1.807) is 12.1 Å². The number of pyridine rings is 1. The van der Waals surface area contributed by atoms with E-state index in [0.717, 1.165) is 5.56 Å². The first kappa shape index (κ1) is 13.0. The van der Waals surface area contributed by atoms with Crippen LogP contribution in [0.3, 0.4) is 0 Å². The van der Waals surface area contributed by atoms with Gasteiger partial charge in [0.25, 0.3) is 0 Å².